The molecule has 0 aromatic rings. The van der Waals surface area contributed by atoms with Gasteiger partial charge in [0.1, 0.15) is 11.7 Å². The number of hydrogen-bond acceptors (Lipinski definition) is 4. The molecule has 2 aliphatic carbocycles. The van der Waals surface area contributed by atoms with E-state index in [-0.39, 0.29) is 23.9 Å². The van der Waals surface area contributed by atoms with Gasteiger partial charge < -0.3 is 20.4 Å². The largest absolute Gasteiger partial charge is 0.350 e. The van der Waals surface area contributed by atoms with Crippen LogP contribution in [0.2, 0.25) is 0 Å². The summed E-state index contributed by atoms with van der Waals surface area (Å²) in [5, 5.41) is 6.50. The molecule has 0 aromatic heterocycles. The Labute approximate surface area is 168 Å². The normalized spacial score (nSPS) is 38.0. The maximum Gasteiger partial charge on any atom is 0.269 e. The summed E-state index contributed by atoms with van der Waals surface area (Å²) in [6.07, 6.45) is 12.3. The van der Waals surface area contributed by atoms with Crippen LogP contribution in [0.5, 0.6) is 0 Å². The third-order valence-electron chi connectivity index (χ3n) is 8.04. The van der Waals surface area contributed by atoms with Gasteiger partial charge in [0.05, 0.1) is 0 Å². The van der Waals surface area contributed by atoms with Gasteiger partial charge in [-0.2, -0.15) is 0 Å². The summed E-state index contributed by atoms with van der Waals surface area (Å²) in [5.41, 5.74) is 0.747. The maximum absolute atomic E-state index is 13.5. The third-order valence-corrected chi connectivity index (χ3v) is 8.04. The Morgan fingerprint density at radius 2 is 1.86 bits per heavy atom. The van der Waals surface area contributed by atoms with E-state index in [0.717, 1.165) is 37.9 Å². The zero-order valence-electron chi connectivity index (χ0n) is 17.0. The molecule has 154 valence electrons. The fraction of sp³-hybridized carbons (Fsp3) is 0.818. The summed E-state index contributed by atoms with van der Waals surface area (Å²) < 4.78 is 0. The Morgan fingerprint density at radius 3 is 2.57 bits per heavy atom. The van der Waals surface area contributed by atoms with E-state index in [1.165, 1.54) is 32.1 Å². The fourth-order valence-electron chi connectivity index (χ4n) is 6.35. The molecular formula is C22H34N4O2. The number of fused-ring (bicyclic) bond motifs is 3. The smallest absolute Gasteiger partial charge is 0.269 e. The molecule has 5 atom stereocenters. The average Bonchev–Trinajstić information content (AvgIpc) is 3.29. The van der Waals surface area contributed by atoms with Crippen molar-refractivity contribution < 1.29 is 9.59 Å². The molecule has 0 radical (unpaired) electrons. The van der Waals surface area contributed by atoms with Gasteiger partial charge in [-0.05, 0) is 50.5 Å². The SMILES string of the molecule is CC1C2CCCCC2N2C(C(=O)NCC3CCN3)=CN(C3CCCC3)C(=O)C12. The van der Waals surface area contributed by atoms with Crippen LogP contribution in [0.15, 0.2) is 11.9 Å². The monoisotopic (exact) mass is 386 g/mol. The Morgan fingerprint density at radius 1 is 1.14 bits per heavy atom. The highest BCUT2D eigenvalue weighted by molar-refractivity contribution is 5.97. The lowest BCUT2D eigenvalue weighted by molar-refractivity contribution is -0.138. The maximum atomic E-state index is 13.5. The lowest BCUT2D eigenvalue weighted by Gasteiger charge is -2.43. The summed E-state index contributed by atoms with van der Waals surface area (Å²) in [5.74, 6) is 1.11. The molecule has 5 unspecified atom stereocenters. The summed E-state index contributed by atoms with van der Waals surface area (Å²) in [7, 11) is 0. The van der Waals surface area contributed by atoms with E-state index in [4.69, 9.17) is 0 Å². The van der Waals surface area contributed by atoms with Crippen LogP contribution >= 0.6 is 0 Å². The topological polar surface area (TPSA) is 64.7 Å². The molecule has 0 spiro atoms. The van der Waals surface area contributed by atoms with Crippen molar-refractivity contribution in [1.29, 1.82) is 0 Å². The quantitative estimate of drug-likeness (QED) is 0.775. The van der Waals surface area contributed by atoms with Gasteiger partial charge in [-0.15, -0.1) is 0 Å². The van der Waals surface area contributed by atoms with Crippen LogP contribution in [-0.4, -0.2) is 58.9 Å². The molecule has 2 saturated carbocycles. The number of hydrogen-bond donors (Lipinski definition) is 2. The molecule has 2 N–H and O–H groups in total. The number of carbonyl (C=O) groups excluding carboxylic acids is 2. The van der Waals surface area contributed by atoms with Crippen LogP contribution < -0.4 is 10.6 Å². The van der Waals surface area contributed by atoms with Crippen molar-refractivity contribution in [3.63, 3.8) is 0 Å². The Hall–Kier alpha value is -1.56. The van der Waals surface area contributed by atoms with Crippen LogP contribution in [0.4, 0.5) is 0 Å². The van der Waals surface area contributed by atoms with Crippen molar-refractivity contribution in [2.24, 2.45) is 11.8 Å². The van der Waals surface area contributed by atoms with Gasteiger partial charge in [0.2, 0.25) is 5.91 Å². The second-order valence-electron chi connectivity index (χ2n) is 9.57. The number of carbonyl (C=O) groups is 2. The standard InChI is InChI=1S/C22H34N4O2/c1-14-17-8-4-5-9-18(17)26-19(21(27)24-12-15-10-11-23-15)13-25(22(28)20(14)26)16-6-2-3-7-16/h13-18,20,23H,2-12H2,1H3,(H,24,27). The molecule has 4 fully saturated rings. The zero-order valence-corrected chi connectivity index (χ0v) is 17.0. The Bertz CT molecular complexity index is 667. The van der Waals surface area contributed by atoms with Crippen LogP contribution in [0, 0.1) is 11.8 Å². The lowest BCUT2D eigenvalue weighted by Crippen LogP contribution is -2.57. The molecule has 3 heterocycles. The highest BCUT2D eigenvalue weighted by atomic mass is 16.2. The van der Waals surface area contributed by atoms with Crippen molar-refractivity contribution in [1.82, 2.24) is 20.4 Å². The molecule has 0 aromatic carbocycles. The summed E-state index contributed by atoms with van der Waals surface area (Å²) >= 11 is 0. The Kier molecular flexibility index (Phi) is 4.85. The molecule has 2 amide bonds. The third kappa shape index (κ3) is 2.95. The van der Waals surface area contributed by atoms with Crippen LogP contribution in [0.3, 0.4) is 0 Å². The summed E-state index contributed by atoms with van der Waals surface area (Å²) in [6, 6.07) is 0.876. The van der Waals surface area contributed by atoms with Gasteiger partial charge in [0, 0.05) is 30.9 Å². The van der Waals surface area contributed by atoms with Crippen molar-refractivity contribution in [3.05, 3.63) is 11.9 Å². The van der Waals surface area contributed by atoms with Crippen LogP contribution in [0.1, 0.15) is 64.7 Å². The van der Waals surface area contributed by atoms with E-state index in [9.17, 15) is 9.59 Å². The average molecular weight is 387 g/mol. The van der Waals surface area contributed by atoms with Gasteiger partial charge in [-0.3, -0.25) is 9.59 Å². The minimum Gasteiger partial charge on any atom is -0.350 e. The molecule has 6 heteroatoms. The molecule has 5 aliphatic rings. The van der Waals surface area contributed by atoms with Crippen LogP contribution in [0.25, 0.3) is 0 Å². The van der Waals surface area contributed by atoms with E-state index in [1.807, 2.05) is 11.1 Å². The number of amides is 2. The number of rotatable bonds is 4. The van der Waals surface area contributed by atoms with E-state index >= 15 is 0 Å². The van der Waals surface area contributed by atoms with Crippen molar-refractivity contribution in [2.45, 2.75) is 88.9 Å². The summed E-state index contributed by atoms with van der Waals surface area (Å²) in [4.78, 5) is 31.0. The first-order chi connectivity index (χ1) is 13.6. The highest BCUT2D eigenvalue weighted by Gasteiger charge is 2.55. The molecule has 3 aliphatic heterocycles. The first-order valence-corrected chi connectivity index (χ1v) is 11.5. The lowest BCUT2D eigenvalue weighted by atomic mass is 9.79. The fourth-order valence-corrected chi connectivity index (χ4v) is 6.35. The number of nitrogens with one attached hydrogen (secondary N) is 2. The van der Waals surface area contributed by atoms with Gasteiger partial charge >= 0.3 is 0 Å². The molecule has 28 heavy (non-hydrogen) atoms. The summed E-state index contributed by atoms with van der Waals surface area (Å²) in [6.45, 7) is 3.97. The van der Waals surface area contributed by atoms with Gasteiger partial charge in [-0.1, -0.05) is 32.6 Å². The number of nitrogens with zero attached hydrogens (tertiary/aromatic N) is 2. The molecular weight excluding hydrogens is 352 g/mol. The first-order valence-electron chi connectivity index (χ1n) is 11.5. The highest BCUT2D eigenvalue weighted by Crippen LogP contribution is 2.48. The minimum atomic E-state index is -0.152. The van der Waals surface area contributed by atoms with Crippen molar-refractivity contribution in [3.8, 4) is 0 Å². The molecule has 6 nitrogen and oxygen atoms in total. The predicted octanol–water partition coefficient (Wildman–Crippen LogP) is 1.97. The second kappa shape index (κ2) is 7.36. The second-order valence-corrected chi connectivity index (χ2v) is 9.57. The van der Waals surface area contributed by atoms with E-state index in [2.05, 4.69) is 22.5 Å². The van der Waals surface area contributed by atoms with E-state index in [0.29, 0.717) is 30.5 Å². The van der Waals surface area contributed by atoms with Crippen molar-refractivity contribution >= 4 is 11.8 Å². The van der Waals surface area contributed by atoms with E-state index < -0.39 is 0 Å². The van der Waals surface area contributed by atoms with Gasteiger partial charge in [-0.25, -0.2) is 0 Å². The predicted molar refractivity (Wildman–Crippen MR) is 107 cm³/mol. The molecule has 2 saturated heterocycles. The molecule has 0 bridgehead atoms. The molecule has 5 rings (SSSR count). The minimum absolute atomic E-state index is 0.00706. The van der Waals surface area contributed by atoms with Crippen molar-refractivity contribution in [2.75, 3.05) is 13.1 Å². The van der Waals surface area contributed by atoms with E-state index in [1.54, 1.807) is 0 Å². The Balaban J connectivity index is 1.45. The zero-order chi connectivity index (χ0) is 19.3. The first kappa shape index (κ1) is 18.5. The van der Waals surface area contributed by atoms with Gasteiger partial charge in [0.15, 0.2) is 0 Å². The van der Waals surface area contributed by atoms with Gasteiger partial charge in [0.25, 0.3) is 5.91 Å². The van der Waals surface area contributed by atoms with Crippen LogP contribution in [-0.2, 0) is 9.59 Å².